The molecular weight excluding hydrogens is 352 g/mol. The van der Waals surface area contributed by atoms with Gasteiger partial charge in [-0.1, -0.05) is 19.1 Å². The number of aromatic nitrogens is 2. The molecule has 1 aromatic heterocycles. The Labute approximate surface area is 167 Å². The Bertz CT molecular complexity index is 822. The van der Waals surface area contributed by atoms with Gasteiger partial charge in [0, 0.05) is 18.7 Å². The van der Waals surface area contributed by atoms with Crippen LogP contribution in [-0.2, 0) is 0 Å². The molecule has 0 bridgehead atoms. The number of hydrogen-bond acceptors (Lipinski definition) is 5. The number of anilines is 2. The molecule has 0 saturated carbocycles. The van der Waals surface area contributed by atoms with Gasteiger partial charge >= 0.3 is 0 Å². The van der Waals surface area contributed by atoms with Crippen molar-refractivity contribution < 1.29 is 9.53 Å². The van der Waals surface area contributed by atoms with Crippen molar-refractivity contribution in [3.05, 3.63) is 41.9 Å². The van der Waals surface area contributed by atoms with Gasteiger partial charge in [0.2, 0.25) is 0 Å². The van der Waals surface area contributed by atoms with Crippen molar-refractivity contribution in [3.63, 3.8) is 0 Å². The van der Waals surface area contributed by atoms with E-state index in [-0.39, 0.29) is 12.0 Å². The van der Waals surface area contributed by atoms with E-state index in [4.69, 9.17) is 4.74 Å². The molecule has 28 heavy (non-hydrogen) atoms. The van der Waals surface area contributed by atoms with Crippen molar-refractivity contribution in [2.24, 2.45) is 0 Å². The molecule has 0 aliphatic carbocycles. The first kappa shape index (κ1) is 20.1. The second-order valence-electron chi connectivity index (χ2n) is 7.53. The smallest absolute Gasteiger partial charge is 0.272 e. The molecule has 2 heterocycles. The topological polar surface area (TPSA) is 67.4 Å². The number of carbonyl (C=O) groups is 1. The van der Waals surface area contributed by atoms with Gasteiger partial charge in [0.25, 0.3) is 5.91 Å². The highest BCUT2D eigenvalue weighted by Gasteiger charge is 2.27. The zero-order valence-electron chi connectivity index (χ0n) is 17.2. The number of amides is 1. The number of hydrogen-bond donors (Lipinski definition) is 1. The van der Waals surface area contributed by atoms with Crippen LogP contribution in [0.4, 0.5) is 11.5 Å². The van der Waals surface area contributed by atoms with Crippen molar-refractivity contribution in [1.82, 2.24) is 14.9 Å². The summed E-state index contributed by atoms with van der Waals surface area (Å²) < 4.78 is 5.87. The van der Waals surface area contributed by atoms with Crippen LogP contribution in [0.1, 0.15) is 62.8 Å². The lowest BCUT2D eigenvalue weighted by Gasteiger charge is -2.35. The number of nitrogens with one attached hydrogen (secondary N) is 1. The Kier molecular flexibility index (Phi) is 6.49. The molecule has 0 spiro atoms. The Morgan fingerprint density at radius 1 is 1.29 bits per heavy atom. The fourth-order valence-corrected chi connectivity index (χ4v) is 3.65. The minimum atomic E-state index is -0.00758. The van der Waals surface area contributed by atoms with Crippen LogP contribution < -0.4 is 10.1 Å². The van der Waals surface area contributed by atoms with Gasteiger partial charge in [-0.2, -0.15) is 0 Å². The number of para-hydroxylation sites is 2. The molecule has 6 heteroatoms. The third-order valence-electron chi connectivity index (χ3n) is 4.93. The van der Waals surface area contributed by atoms with Crippen LogP contribution in [-0.4, -0.2) is 39.5 Å². The fourth-order valence-electron chi connectivity index (χ4n) is 3.65. The van der Waals surface area contributed by atoms with Crippen LogP contribution in [0.25, 0.3) is 0 Å². The van der Waals surface area contributed by atoms with Crippen LogP contribution in [0.2, 0.25) is 0 Å². The largest absolute Gasteiger partial charge is 0.489 e. The minimum absolute atomic E-state index is 0.00758. The Balaban J connectivity index is 1.85. The minimum Gasteiger partial charge on any atom is -0.489 e. The summed E-state index contributed by atoms with van der Waals surface area (Å²) in [5.74, 6) is 1.91. The molecule has 2 aromatic rings. The number of rotatable bonds is 6. The lowest BCUT2D eigenvalue weighted by Crippen LogP contribution is -2.43. The zero-order chi connectivity index (χ0) is 20.1. The molecule has 3 rings (SSSR count). The first-order valence-corrected chi connectivity index (χ1v) is 10.2. The lowest BCUT2D eigenvalue weighted by molar-refractivity contribution is 0.0601. The number of carbonyl (C=O) groups excluding carboxylic acids is 1. The van der Waals surface area contributed by atoms with Crippen molar-refractivity contribution >= 4 is 17.4 Å². The number of benzene rings is 1. The Morgan fingerprint density at radius 2 is 2.07 bits per heavy atom. The van der Waals surface area contributed by atoms with Crippen LogP contribution in [0.3, 0.4) is 0 Å². The normalized spacial score (nSPS) is 16.9. The summed E-state index contributed by atoms with van der Waals surface area (Å²) in [7, 11) is 0. The molecular formula is C22H30N4O2. The van der Waals surface area contributed by atoms with E-state index in [9.17, 15) is 4.79 Å². The van der Waals surface area contributed by atoms with Gasteiger partial charge in [-0.3, -0.25) is 4.79 Å². The standard InChI is InChI=1S/C22H30N4O2/c1-5-17-10-8-9-13-26(17)22(27)19-14-21(24-16(4)23-19)25-18-11-6-7-12-20(18)28-15(2)3/h6-7,11-12,14-15,17H,5,8-10,13H2,1-4H3,(H,23,24,25). The van der Waals surface area contributed by atoms with Crippen LogP contribution in [0.5, 0.6) is 5.75 Å². The highest BCUT2D eigenvalue weighted by Crippen LogP contribution is 2.28. The van der Waals surface area contributed by atoms with E-state index in [1.165, 1.54) is 6.42 Å². The molecule has 150 valence electrons. The van der Waals surface area contributed by atoms with E-state index in [0.717, 1.165) is 37.2 Å². The predicted molar refractivity (Wildman–Crippen MR) is 111 cm³/mol. The van der Waals surface area contributed by atoms with Crippen LogP contribution in [0, 0.1) is 6.92 Å². The summed E-state index contributed by atoms with van der Waals surface area (Å²) in [6.45, 7) is 8.73. The maximum atomic E-state index is 13.1. The van der Waals surface area contributed by atoms with E-state index in [0.29, 0.717) is 23.4 Å². The van der Waals surface area contributed by atoms with Crippen molar-refractivity contribution in [1.29, 1.82) is 0 Å². The van der Waals surface area contributed by atoms with Crippen LogP contribution >= 0.6 is 0 Å². The fraction of sp³-hybridized carbons (Fsp3) is 0.500. The Morgan fingerprint density at radius 3 is 2.82 bits per heavy atom. The maximum absolute atomic E-state index is 13.1. The first-order chi connectivity index (χ1) is 13.5. The van der Waals surface area contributed by atoms with E-state index in [1.54, 1.807) is 6.07 Å². The van der Waals surface area contributed by atoms with Gasteiger partial charge in [0.1, 0.15) is 23.1 Å². The maximum Gasteiger partial charge on any atom is 0.272 e. The molecule has 1 aromatic carbocycles. The summed E-state index contributed by atoms with van der Waals surface area (Å²) in [4.78, 5) is 24.0. The molecule has 1 aliphatic heterocycles. The molecule has 1 unspecified atom stereocenters. The summed E-state index contributed by atoms with van der Waals surface area (Å²) in [6.07, 6.45) is 4.34. The third-order valence-corrected chi connectivity index (χ3v) is 4.93. The zero-order valence-corrected chi connectivity index (χ0v) is 17.2. The monoisotopic (exact) mass is 382 g/mol. The molecule has 1 amide bonds. The van der Waals surface area contributed by atoms with Gasteiger partial charge in [0.15, 0.2) is 0 Å². The molecule has 1 fully saturated rings. The van der Waals surface area contributed by atoms with E-state index in [1.807, 2.05) is 49.9 Å². The van der Waals surface area contributed by atoms with Crippen molar-refractivity contribution in [3.8, 4) is 5.75 Å². The van der Waals surface area contributed by atoms with Gasteiger partial charge in [0.05, 0.1) is 11.8 Å². The van der Waals surface area contributed by atoms with Gasteiger partial charge in [-0.05, 0) is 58.6 Å². The van der Waals surface area contributed by atoms with Crippen molar-refractivity contribution in [2.75, 3.05) is 11.9 Å². The third kappa shape index (κ3) is 4.80. The summed E-state index contributed by atoms with van der Waals surface area (Å²) in [5, 5.41) is 3.30. The molecule has 6 nitrogen and oxygen atoms in total. The average molecular weight is 383 g/mol. The van der Waals surface area contributed by atoms with E-state index >= 15 is 0 Å². The average Bonchev–Trinajstić information content (AvgIpc) is 2.68. The summed E-state index contributed by atoms with van der Waals surface area (Å²) >= 11 is 0. The second-order valence-corrected chi connectivity index (χ2v) is 7.53. The van der Waals surface area contributed by atoms with Crippen molar-refractivity contribution in [2.45, 2.75) is 65.5 Å². The molecule has 1 atom stereocenters. The van der Waals surface area contributed by atoms with Gasteiger partial charge < -0.3 is 15.0 Å². The number of piperidine rings is 1. The van der Waals surface area contributed by atoms with Gasteiger partial charge in [-0.25, -0.2) is 9.97 Å². The lowest BCUT2D eigenvalue weighted by atomic mass is 9.99. The molecule has 1 N–H and O–H groups in total. The quantitative estimate of drug-likeness (QED) is 0.783. The highest BCUT2D eigenvalue weighted by molar-refractivity contribution is 5.93. The number of nitrogens with zero attached hydrogens (tertiary/aromatic N) is 3. The number of likely N-dealkylation sites (tertiary alicyclic amines) is 1. The number of ether oxygens (including phenoxy) is 1. The highest BCUT2D eigenvalue weighted by atomic mass is 16.5. The first-order valence-electron chi connectivity index (χ1n) is 10.2. The SMILES string of the molecule is CCC1CCCCN1C(=O)c1cc(Nc2ccccc2OC(C)C)nc(C)n1. The molecule has 1 saturated heterocycles. The second kappa shape index (κ2) is 9.04. The number of aryl methyl sites for hydroxylation is 1. The predicted octanol–water partition coefficient (Wildman–Crippen LogP) is 4.72. The summed E-state index contributed by atoms with van der Waals surface area (Å²) in [6, 6.07) is 9.77. The van der Waals surface area contributed by atoms with E-state index in [2.05, 4.69) is 22.2 Å². The molecule has 1 aliphatic rings. The van der Waals surface area contributed by atoms with Gasteiger partial charge in [-0.15, -0.1) is 0 Å². The van der Waals surface area contributed by atoms with Crippen LogP contribution in [0.15, 0.2) is 30.3 Å². The van der Waals surface area contributed by atoms with E-state index < -0.39 is 0 Å². The molecule has 0 radical (unpaired) electrons. The Hall–Kier alpha value is -2.63. The summed E-state index contributed by atoms with van der Waals surface area (Å²) in [5.41, 5.74) is 1.26.